The number of carboxylic acids is 1. The van der Waals surface area contributed by atoms with Gasteiger partial charge in [0, 0.05) is 17.8 Å². The smallest absolute Gasteiger partial charge is 0.402 e. The highest BCUT2D eigenvalue weighted by Crippen LogP contribution is 2.28. The van der Waals surface area contributed by atoms with Crippen molar-refractivity contribution in [2.75, 3.05) is 13.1 Å². The van der Waals surface area contributed by atoms with Gasteiger partial charge in [0.2, 0.25) is 10.0 Å². The predicted molar refractivity (Wildman–Crippen MR) is 67.7 cm³/mol. The fourth-order valence-electron chi connectivity index (χ4n) is 2.03. The van der Waals surface area contributed by atoms with E-state index < -0.39 is 33.6 Å². The van der Waals surface area contributed by atoms with E-state index in [2.05, 4.69) is 4.98 Å². The van der Waals surface area contributed by atoms with Crippen molar-refractivity contribution < 1.29 is 31.5 Å². The molecule has 0 spiro atoms. The van der Waals surface area contributed by atoms with Crippen LogP contribution in [0.2, 0.25) is 0 Å². The summed E-state index contributed by atoms with van der Waals surface area (Å²) in [5.74, 6) is -1.38. The fraction of sp³-hybridized carbons (Fsp3) is 0.545. The molecule has 21 heavy (non-hydrogen) atoms. The highest BCUT2D eigenvalue weighted by atomic mass is 32.2. The molecule has 10 heteroatoms. The van der Waals surface area contributed by atoms with Crippen LogP contribution in [0.4, 0.5) is 13.2 Å². The summed E-state index contributed by atoms with van der Waals surface area (Å²) < 4.78 is 62.3. The lowest BCUT2D eigenvalue weighted by molar-refractivity contribution is -0.135. The van der Waals surface area contributed by atoms with Crippen molar-refractivity contribution >= 4 is 16.0 Å². The van der Waals surface area contributed by atoms with Crippen LogP contribution in [-0.2, 0) is 10.0 Å². The van der Waals surface area contributed by atoms with Crippen LogP contribution in [-0.4, -0.2) is 48.0 Å². The number of aryl methyl sites for hydroxylation is 1. The molecule has 0 aliphatic rings. The number of H-pyrrole nitrogens is 1. The highest BCUT2D eigenvalue weighted by Gasteiger charge is 2.38. The lowest BCUT2D eigenvalue weighted by Crippen LogP contribution is -2.39. The van der Waals surface area contributed by atoms with Gasteiger partial charge in [-0.1, -0.05) is 6.92 Å². The molecule has 1 aromatic rings. The maximum Gasteiger partial charge on any atom is 0.402 e. The van der Waals surface area contributed by atoms with Crippen LogP contribution in [0.5, 0.6) is 0 Å². The molecule has 1 rings (SSSR count). The van der Waals surface area contributed by atoms with Crippen LogP contribution in [0.3, 0.4) is 0 Å². The molecular formula is C11H15F3N2O4S. The van der Waals surface area contributed by atoms with E-state index in [9.17, 15) is 26.4 Å². The van der Waals surface area contributed by atoms with Gasteiger partial charge in [-0.05, 0) is 13.8 Å². The molecule has 0 aromatic carbocycles. The van der Waals surface area contributed by atoms with Gasteiger partial charge in [0.1, 0.15) is 17.1 Å². The second kappa shape index (κ2) is 5.68. The molecule has 0 bridgehead atoms. The summed E-state index contributed by atoms with van der Waals surface area (Å²) in [6, 6.07) is 0. The minimum atomic E-state index is -4.68. The van der Waals surface area contributed by atoms with Crippen molar-refractivity contribution in [3.63, 3.8) is 0 Å². The molecule has 0 saturated heterocycles. The number of alkyl halides is 3. The van der Waals surface area contributed by atoms with Gasteiger partial charge in [-0.2, -0.15) is 17.5 Å². The van der Waals surface area contributed by atoms with E-state index in [1.807, 2.05) is 0 Å². The van der Waals surface area contributed by atoms with E-state index in [0.717, 1.165) is 0 Å². The lowest BCUT2D eigenvalue weighted by Gasteiger charge is -2.22. The molecule has 0 aliphatic carbocycles. The zero-order valence-corrected chi connectivity index (χ0v) is 12.4. The molecule has 1 heterocycles. The van der Waals surface area contributed by atoms with Crippen molar-refractivity contribution in [3.05, 3.63) is 17.0 Å². The van der Waals surface area contributed by atoms with Gasteiger partial charge < -0.3 is 10.1 Å². The first-order chi connectivity index (χ1) is 9.41. The summed E-state index contributed by atoms with van der Waals surface area (Å²) in [4.78, 5) is 12.9. The summed E-state index contributed by atoms with van der Waals surface area (Å²) >= 11 is 0. The highest BCUT2D eigenvalue weighted by molar-refractivity contribution is 7.89. The number of aromatic carboxylic acids is 1. The first-order valence-electron chi connectivity index (χ1n) is 5.91. The second-order valence-corrected chi connectivity index (χ2v) is 6.31. The summed E-state index contributed by atoms with van der Waals surface area (Å²) in [5.41, 5.74) is -0.472. The number of nitrogens with zero attached hydrogens (tertiary/aromatic N) is 1. The summed E-state index contributed by atoms with van der Waals surface area (Å²) in [6.45, 7) is 1.81. The molecule has 0 atom stereocenters. The zero-order chi connectivity index (χ0) is 16.6. The van der Waals surface area contributed by atoms with Crippen LogP contribution >= 0.6 is 0 Å². The van der Waals surface area contributed by atoms with E-state index in [4.69, 9.17) is 5.11 Å². The molecule has 120 valence electrons. The number of carbonyl (C=O) groups is 1. The topological polar surface area (TPSA) is 90.5 Å². The third-order valence-corrected chi connectivity index (χ3v) is 5.08. The van der Waals surface area contributed by atoms with Crippen LogP contribution in [0, 0.1) is 13.8 Å². The number of rotatable bonds is 5. The van der Waals surface area contributed by atoms with Gasteiger partial charge in [-0.15, -0.1) is 0 Å². The molecule has 1 aromatic heterocycles. The lowest BCUT2D eigenvalue weighted by atomic mass is 10.2. The average Bonchev–Trinajstić information content (AvgIpc) is 2.60. The normalized spacial score (nSPS) is 12.9. The zero-order valence-electron chi connectivity index (χ0n) is 11.6. The number of aromatic amines is 1. The predicted octanol–water partition coefficient (Wildman–Crippen LogP) is 1.90. The maximum atomic E-state index is 12.5. The minimum Gasteiger partial charge on any atom is -0.477 e. The Morgan fingerprint density at radius 2 is 1.86 bits per heavy atom. The Morgan fingerprint density at radius 1 is 1.33 bits per heavy atom. The van der Waals surface area contributed by atoms with E-state index in [1.54, 1.807) is 0 Å². The van der Waals surface area contributed by atoms with Gasteiger partial charge in [-0.25, -0.2) is 13.2 Å². The number of hydrogen-bond donors (Lipinski definition) is 2. The third kappa shape index (κ3) is 3.56. The maximum absolute atomic E-state index is 12.5. The van der Waals surface area contributed by atoms with E-state index in [1.165, 1.54) is 20.8 Å². The fourth-order valence-corrected chi connectivity index (χ4v) is 3.87. The van der Waals surface area contributed by atoms with Crippen molar-refractivity contribution in [1.82, 2.24) is 9.29 Å². The summed E-state index contributed by atoms with van der Waals surface area (Å²) in [5, 5.41) is 8.93. The summed E-state index contributed by atoms with van der Waals surface area (Å²) in [7, 11) is -4.44. The van der Waals surface area contributed by atoms with E-state index in [0.29, 0.717) is 0 Å². The van der Waals surface area contributed by atoms with Gasteiger partial charge in [-0.3, -0.25) is 0 Å². The van der Waals surface area contributed by atoms with E-state index >= 15 is 0 Å². The molecule has 0 amide bonds. The number of carboxylic acid groups (broad SMARTS) is 1. The van der Waals surface area contributed by atoms with Gasteiger partial charge in [0.25, 0.3) is 0 Å². The molecule has 6 nitrogen and oxygen atoms in total. The standard InChI is InChI=1S/C11H15F3N2O4S/c1-4-16(5-11(12,13)14)21(19,20)9-6(2)8(10(17)18)15-7(9)3/h15H,4-5H2,1-3H3,(H,17,18). The van der Waals surface area contributed by atoms with Crippen LogP contribution in [0.25, 0.3) is 0 Å². The Morgan fingerprint density at radius 3 is 2.19 bits per heavy atom. The van der Waals surface area contributed by atoms with Crippen molar-refractivity contribution in [2.45, 2.75) is 31.8 Å². The molecule has 0 radical (unpaired) electrons. The van der Waals surface area contributed by atoms with Crippen molar-refractivity contribution in [3.8, 4) is 0 Å². The number of aromatic nitrogens is 1. The number of halogens is 3. The summed E-state index contributed by atoms with van der Waals surface area (Å²) in [6.07, 6.45) is -4.68. The monoisotopic (exact) mass is 328 g/mol. The first kappa shape index (κ1) is 17.5. The number of sulfonamides is 1. The Hall–Kier alpha value is -1.55. The quantitative estimate of drug-likeness (QED) is 0.864. The molecule has 0 fully saturated rings. The Kier molecular flexibility index (Phi) is 4.73. The number of nitrogens with one attached hydrogen (secondary N) is 1. The van der Waals surface area contributed by atoms with Crippen molar-refractivity contribution in [2.24, 2.45) is 0 Å². The Labute approximate surface area is 119 Å². The number of hydrogen-bond acceptors (Lipinski definition) is 3. The van der Waals surface area contributed by atoms with E-state index in [-0.39, 0.29) is 27.8 Å². The van der Waals surface area contributed by atoms with Crippen LogP contribution in [0.15, 0.2) is 4.90 Å². The second-order valence-electron chi connectivity index (χ2n) is 4.43. The minimum absolute atomic E-state index is 0.00877. The first-order valence-corrected chi connectivity index (χ1v) is 7.35. The molecular weight excluding hydrogens is 313 g/mol. The average molecular weight is 328 g/mol. The molecule has 2 N–H and O–H groups in total. The molecule has 0 aliphatic heterocycles. The molecule has 0 saturated carbocycles. The third-order valence-electron chi connectivity index (χ3n) is 2.89. The van der Waals surface area contributed by atoms with Crippen LogP contribution < -0.4 is 0 Å². The Bertz CT molecular complexity index is 649. The van der Waals surface area contributed by atoms with Gasteiger partial charge in [0.05, 0.1) is 0 Å². The largest absolute Gasteiger partial charge is 0.477 e. The van der Waals surface area contributed by atoms with Crippen molar-refractivity contribution in [1.29, 1.82) is 0 Å². The Balaban J connectivity index is 3.40. The SMILES string of the molecule is CCN(CC(F)(F)F)S(=O)(=O)c1c(C)[nH]c(C(=O)O)c1C. The van der Waals surface area contributed by atoms with Gasteiger partial charge in [0.15, 0.2) is 0 Å². The van der Waals surface area contributed by atoms with Gasteiger partial charge >= 0.3 is 12.1 Å². The molecule has 0 unspecified atom stereocenters. The van der Waals surface area contributed by atoms with Crippen LogP contribution in [0.1, 0.15) is 28.7 Å².